The van der Waals surface area contributed by atoms with E-state index in [1.807, 2.05) is 75.4 Å². The molecule has 1 unspecified atom stereocenters. The molecule has 0 aliphatic rings. The topological polar surface area (TPSA) is 96.0 Å². The Kier molecular flexibility index (Phi) is 11.2. The summed E-state index contributed by atoms with van der Waals surface area (Å²) in [7, 11) is -4.16. The third kappa shape index (κ3) is 8.26. The minimum absolute atomic E-state index is 0.0522. The molecule has 0 aliphatic heterocycles. The SMILES string of the molecule is CCNC(=O)C(Cc1ccccc1)N(Cc1ccc(C)cc1)C(=O)CN(c1ccc(OCC)cc1)S(=O)(=O)c1ccccc1. The van der Waals surface area contributed by atoms with E-state index < -0.39 is 28.5 Å². The predicted octanol–water partition coefficient (Wildman–Crippen LogP) is 5.37. The maximum atomic E-state index is 14.4. The van der Waals surface area contributed by atoms with E-state index in [0.717, 1.165) is 21.0 Å². The number of benzene rings is 4. The molecule has 1 atom stereocenters. The summed E-state index contributed by atoms with van der Waals surface area (Å²) in [5.74, 6) is -0.235. The van der Waals surface area contributed by atoms with Crippen LogP contribution < -0.4 is 14.4 Å². The lowest BCUT2D eigenvalue weighted by atomic mass is 10.0. The van der Waals surface area contributed by atoms with Gasteiger partial charge in [-0.2, -0.15) is 0 Å². The van der Waals surface area contributed by atoms with Gasteiger partial charge in [-0.1, -0.05) is 78.4 Å². The number of carbonyl (C=O) groups excluding carboxylic acids is 2. The molecule has 0 aromatic heterocycles. The Morgan fingerprint density at radius 3 is 2.00 bits per heavy atom. The number of amides is 2. The van der Waals surface area contributed by atoms with Gasteiger partial charge in [0.2, 0.25) is 11.8 Å². The smallest absolute Gasteiger partial charge is 0.264 e. The van der Waals surface area contributed by atoms with Gasteiger partial charge >= 0.3 is 0 Å². The van der Waals surface area contributed by atoms with Gasteiger partial charge in [-0.3, -0.25) is 13.9 Å². The zero-order chi connectivity index (χ0) is 31.5. The van der Waals surface area contributed by atoms with Crippen molar-refractivity contribution in [2.24, 2.45) is 0 Å². The van der Waals surface area contributed by atoms with Crippen LogP contribution in [0.1, 0.15) is 30.5 Å². The summed E-state index contributed by atoms with van der Waals surface area (Å²) in [5.41, 5.74) is 3.07. The number of ether oxygens (including phenoxy) is 1. The van der Waals surface area contributed by atoms with Gasteiger partial charge in [0.25, 0.3) is 10.0 Å². The maximum absolute atomic E-state index is 14.4. The summed E-state index contributed by atoms with van der Waals surface area (Å²) in [4.78, 5) is 29.5. The minimum atomic E-state index is -4.16. The highest BCUT2D eigenvalue weighted by Crippen LogP contribution is 2.27. The Bertz CT molecular complexity index is 1610. The van der Waals surface area contributed by atoms with Crippen molar-refractivity contribution in [2.75, 3.05) is 24.0 Å². The van der Waals surface area contributed by atoms with Crippen LogP contribution in [0.2, 0.25) is 0 Å². The number of hydrogen-bond donors (Lipinski definition) is 1. The van der Waals surface area contributed by atoms with E-state index in [4.69, 9.17) is 4.74 Å². The molecule has 230 valence electrons. The monoisotopic (exact) mass is 613 g/mol. The van der Waals surface area contributed by atoms with Gasteiger partial charge in [-0.25, -0.2) is 8.42 Å². The maximum Gasteiger partial charge on any atom is 0.264 e. The zero-order valence-electron chi connectivity index (χ0n) is 25.3. The standard InChI is InChI=1S/C35H39N3O5S/c1-4-36-35(40)33(24-28-12-8-6-9-13-28)37(25-29-18-16-27(3)17-19-29)34(39)26-38(30-20-22-31(23-21-30)43-5-2)44(41,42)32-14-10-7-11-15-32/h6-23,33H,4-5,24-26H2,1-3H3,(H,36,40). The van der Waals surface area contributed by atoms with Gasteiger partial charge in [0.05, 0.1) is 17.2 Å². The Morgan fingerprint density at radius 2 is 1.41 bits per heavy atom. The number of nitrogens with zero attached hydrogens (tertiary/aromatic N) is 2. The lowest BCUT2D eigenvalue weighted by Gasteiger charge is -2.34. The molecule has 4 aromatic rings. The first-order chi connectivity index (χ1) is 21.2. The highest BCUT2D eigenvalue weighted by Gasteiger charge is 2.34. The molecule has 0 spiro atoms. The van der Waals surface area contributed by atoms with Crippen molar-refractivity contribution < 1.29 is 22.7 Å². The fraction of sp³-hybridized carbons (Fsp3) is 0.257. The van der Waals surface area contributed by atoms with E-state index in [1.54, 1.807) is 42.5 Å². The van der Waals surface area contributed by atoms with Gasteiger partial charge in [0.1, 0.15) is 18.3 Å². The van der Waals surface area contributed by atoms with Crippen LogP contribution in [0.15, 0.2) is 114 Å². The predicted molar refractivity (Wildman–Crippen MR) is 173 cm³/mol. The van der Waals surface area contributed by atoms with Crippen molar-refractivity contribution >= 4 is 27.5 Å². The number of likely N-dealkylation sites (N-methyl/N-ethyl adjacent to an activating group) is 1. The van der Waals surface area contributed by atoms with E-state index in [0.29, 0.717) is 24.6 Å². The summed E-state index contributed by atoms with van der Waals surface area (Å²) < 4.78 is 34.7. The van der Waals surface area contributed by atoms with Crippen molar-refractivity contribution in [1.29, 1.82) is 0 Å². The van der Waals surface area contributed by atoms with Crippen LogP contribution in [0.5, 0.6) is 5.75 Å². The van der Waals surface area contributed by atoms with Gasteiger partial charge in [-0.05, 0) is 68.3 Å². The molecule has 9 heteroatoms. The summed E-state index contributed by atoms with van der Waals surface area (Å²) in [6, 6.07) is 30.9. The molecule has 0 aliphatic carbocycles. The Labute approximate surface area is 260 Å². The molecule has 0 heterocycles. The highest BCUT2D eigenvalue weighted by atomic mass is 32.2. The third-order valence-electron chi connectivity index (χ3n) is 7.14. The van der Waals surface area contributed by atoms with Crippen LogP contribution >= 0.6 is 0 Å². The first-order valence-corrected chi connectivity index (χ1v) is 16.1. The number of sulfonamides is 1. The van der Waals surface area contributed by atoms with Crippen LogP contribution in [0.3, 0.4) is 0 Å². The second kappa shape index (κ2) is 15.2. The molecule has 44 heavy (non-hydrogen) atoms. The molecule has 2 amide bonds. The van der Waals surface area contributed by atoms with Crippen LogP contribution in [-0.2, 0) is 32.6 Å². The second-order valence-electron chi connectivity index (χ2n) is 10.4. The third-order valence-corrected chi connectivity index (χ3v) is 8.93. The van der Waals surface area contributed by atoms with Crippen LogP contribution in [0.25, 0.3) is 0 Å². The first-order valence-electron chi connectivity index (χ1n) is 14.7. The second-order valence-corrected chi connectivity index (χ2v) is 12.2. The van der Waals surface area contributed by atoms with E-state index in [-0.39, 0.29) is 23.8 Å². The fourth-order valence-electron chi connectivity index (χ4n) is 4.86. The van der Waals surface area contributed by atoms with Crippen LogP contribution in [-0.4, -0.2) is 50.9 Å². The van der Waals surface area contributed by atoms with Crippen molar-refractivity contribution in [3.8, 4) is 5.75 Å². The average Bonchev–Trinajstić information content (AvgIpc) is 3.04. The minimum Gasteiger partial charge on any atom is -0.494 e. The summed E-state index contributed by atoms with van der Waals surface area (Å²) >= 11 is 0. The van der Waals surface area contributed by atoms with Crippen LogP contribution in [0.4, 0.5) is 5.69 Å². The summed E-state index contributed by atoms with van der Waals surface area (Å²) in [5, 5.41) is 2.88. The average molecular weight is 614 g/mol. The van der Waals surface area contributed by atoms with Gasteiger partial charge in [0, 0.05) is 19.5 Å². The molecule has 4 rings (SSSR count). The molecular weight excluding hydrogens is 574 g/mol. The fourth-order valence-corrected chi connectivity index (χ4v) is 6.30. The Morgan fingerprint density at radius 1 is 0.795 bits per heavy atom. The molecule has 0 saturated heterocycles. The normalized spacial score (nSPS) is 11.8. The molecule has 0 bridgehead atoms. The molecule has 1 N–H and O–H groups in total. The van der Waals surface area contributed by atoms with E-state index in [9.17, 15) is 18.0 Å². The quantitative estimate of drug-likeness (QED) is 0.207. The van der Waals surface area contributed by atoms with Crippen molar-refractivity contribution in [3.63, 3.8) is 0 Å². The van der Waals surface area contributed by atoms with Crippen molar-refractivity contribution in [3.05, 3.63) is 126 Å². The molecule has 8 nitrogen and oxygen atoms in total. The van der Waals surface area contributed by atoms with Crippen molar-refractivity contribution in [2.45, 2.75) is 44.7 Å². The van der Waals surface area contributed by atoms with E-state index in [1.165, 1.54) is 17.0 Å². The van der Waals surface area contributed by atoms with Gasteiger partial charge in [0.15, 0.2) is 0 Å². The number of anilines is 1. The molecule has 0 fully saturated rings. The first kappa shape index (κ1) is 32.3. The number of carbonyl (C=O) groups is 2. The van der Waals surface area contributed by atoms with E-state index in [2.05, 4.69) is 5.32 Å². The van der Waals surface area contributed by atoms with Crippen molar-refractivity contribution in [1.82, 2.24) is 10.2 Å². The number of aryl methyl sites for hydroxylation is 1. The number of hydrogen-bond acceptors (Lipinski definition) is 5. The molecule has 0 radical (unpaired) electrons. The number of nitrogens with one attached hydrogen (secondary N) is 1. The summed E-state index contributed by atoms with van der Waals surface area (Å²) in [6.07, 6.45) is 0.263. The zero-order valence-corrected chi connectivity index (χ0v) is 26.2. The lowest BCUT2D eigenvalue weighted by molar-refractivity contribution is -0.140. The lowest BCUT2D eigenvalue weighted by Crippen LogP contribution is -2.53. The van der Waals surface area contributed by atoms with Gasteiger partial charge in [-0.15, -0.1) is 0 Å². The van der Waals surface area contributed by atoms with Crippen LogP contribution in [0, 0.1) is 6.92 Å². The molecular formula is C35H39N3O5S. The van der Waals surface area contributed by atoms with Gasteiger partial charge < -0.3 is 15.0 Å². The van der Waals surface area contributed by atoms with E-state index >= 15 is 0 Å². The Hall–Kier alpha value is -4.63. The molecule has 0 saturated carbocycles. The molecule has 4 aromatic carbocycles. The summed E-state index contributed by atoms with van der Waals surface area (Å²) in [6.45, 7) is 6.12. The number of rotatable bonds is 14. The Balaban J connectivity index is 1.78. The largest absolute Gasteiger partial charge is 0.494 e. The highest BCUT2D eigenvalue weighted by molar-refractivity contribution is 7.92.